The van der Waals surface area contributed by atoms with Crippen LogP contribution in [0.1, 0.15) is 55.7 Å². The predicted octanol–water partition coefficient (Wildman–Crippen LogP) is 4.21. The van der Waals surface area contributed by atoms with Crippen molar-refractivity contribution >= 4 is 11.6 Å². The van der Waals surface area contributed by atoms with Crippen molar-refractivity contribution in [1.82, 2.24) is 15.0 Å². The van der Waals surface area contributed by atoms with E-state index in [-0.39, 0.29) is 11.8 Å². The summed E-state index contributed by atoms with van der Waals surface area (Å²) in [7, 11) is 0. The summed E-state index contributed by atoms with van der Waals surface area (Å²) in [5.41, 5.74) is 2.18. The molecule has 3 heterocycles. The average molecular weight is 453 g/mol. The van der Waals surface area contributed by atoms with Gasteiger partial charge in [0.15, 0.2) is 0 Å². The zero-order chi connectivity index (χ0) is 22.7. The molecule has 1 fully saturated rings. The van der Waals surface area contributed by atoms with E-state index in [2.05, 4.69) is 22.5 Å². The Hall–Kier alpha value is -2.84. The molecule has 7 nitrogen and oxygen atoms in total. The number of hydrogen-bond donors (Lipinski definition) is 0. The molecule has 2 aromatic rings. The van der Waals surface area contributed by atoms with Crippen LogP contribution in [0.4, 0.5) is 10.1 Å². The second-order valence-corrected chi connectivity index (χ2v) is 8.76. The van der Waals surface area contributed by atoms with Crippen LogP contribution in [-0.4, -0.2) is 40.7 Å². The lowest BCUT2D eigenvalue weighted by atomic mass is 10.1. The molecule has 3 aliphatic rings. The van der Waals surface area contributed by atoms with Crippen LogP contribution in [-0.2, 0) is 26.6 Å². The minimum absolute atomic E-state index is 0.239. The van der Waals surface area contributed by atoms with Crippen molar-refractivity contribution in [3.63, 3.8) is 0 Å². The van der Waals surface area contributed by atoms with Gasteiger partial charge >= 0.3 is 0 Å². The summed E-state index contributed by atoms with van der Waals surface area (Å²) in [6, 6.07) is 4.39. The second-order valence-electron chi connectivity index (χ2n) is 8.76. The smallest absolute Gasteiger partial charge is 0.292 e. The molecule has 0 radical (unpaired) electrons. The molecule has 1 aromatic heterocycles. The first kappa shape index (κ1) is 22.0. The first-order valence-electron chi connectivity index (χ1n) is 11.8. The van der Waals surface area contributed by atoms with Crippen LogP contribution in [0.25, 0.3) is 0 Å². The van der Waals surface area contributed by atoms with Crippen LogP contribution in [0.5, 0.6) is 0 Å². The van der Waals surface area contributed by atoms with Gasteiger partial charge < -0.3 is 14.4 Å². The van der Waals surface area contributed by atoms with Crippen LogP contribution in [0.3, 0.4) is 0 Å². The molecule has 0 unspecified atom stereocenters. The molecular formula is C25H29FN4O3. The van der Waals surface area contributed by atoms with Crippen molar-refractivity contribution in [2.45, 2.75) is 56.8 Å². The molecule has 1 saturated heterocycles. The fourth-order valence-electron chi connectivity index (χ4n) is 4.78. The van der Waals surface area contributed by atoms with Crippen molar-refractivity contribution in [3.05, 3.63) is 65.8 Å². The highest BCUT2D eigenvalue weighted by Crippen LogP contribution is 2.46. The quantitative estimate of drug-likeness (QED) is 0.505. The third-order valence-electron chi connectivity index (χ3n) is 6.49. The monoisotopic (exact) mass is 452 g/mol. The van der Waals surface area contributed by atoms with E-state index in [0.29, 0.717) is 31.0 Å². The van der Waals surface area contributed by atoms with Crippen molar-refractivity contribution in [3.8, 4) is 0 Å². The number of unbranched alkanes of at least 4 members (excludes halogenated alkanes) is 5. The molecular weight excluding hydrogens is 423 g/mol. The highest BCUT2D eigenvalue weighted by molar-refractivity contribution is 6.06. The molecule has 8 heteroatoms. The molecule has 1 aliphatic carbocycles. The SMILES string of the molecule is O=C1N(CCCCCCCCn2cc(C3C=CC=C3)nn2)c2ccc(F)cc2C12OCCO2. The maximum atomic E-state index is 13.8. The number of allylic oxidation sites excluding steroid dienone is 4. The molecule has 0 atom stereocenters. The topological polar surface area (TPSA) is 69.5 Å². The Morgan fingerprint density at radius 1 is 1.00 bits per heavy atom. The number of carbonyl (C=O) groups is 1. The first-order valence-corrected chi connectivity index (χ1v) is 11.8. The predicted molar refractivity (Wildman–Crippen MR) is 121 cm³/mol. The van der Waals surface area contributed by atoms with Crippen molar-refractivity contribution < 1.29 is 18.7 Å². The number of aromatic nitrogens is 3. The van der Waals surface area contributed by atoms with Crippen LogP contribution in [0.2, 0.25) is 0 Å². The van der Waals surface area contributed by atoms with E-state index < -0.39 is 11.6 Å². The Bertz CT molecular complexity index is 1050. The summed E-state index contributed by atoms with van der Waals surface area (Å²) in [5.74, 6) is -1.83. The van der Waals surface area contributed by atoms with Gasteiger partial charge in [-0.15, -0.1) is 5.10 Å². The van der Waals surface area contributed by atoms with E-state index in [1.807, 2.05) is 23.0 Å². The maximum absolute atomic E-state index is 13.8. The Kier molecular flexibility index (Phi) is 6.37. The minimum Gasteiger partial charge on any atom is -0.336 e. The zero-order valence-electron chi connectivity index (χ0n) is 18.7. The van der Waals surface area contributed by atoms with Crippen LogP contribution in [0.15, 0.2) is 48.7 Å². The van der Waals surface area contributed by atoms with E-state index in [1.165, 1.54) is 12.1 Å². The van der Waals surface area contributed by atoms with Crippen molar-refractivity contribution in [2.24, 2.45) is 0 Å². The molecule has 0 saturated carbocycles. The summed E-state index contributed by atoms with van der Waals surface area (Å²) in [4.78, 5) is 14.7. The van der Waals surface area contributed by atoms with Gasteiger partial charge in [-0.25, -0.2) is 4.39 Å². The second kappa shape index (κ2) is 9.57. The summed E-state index contributed by atoms with van der Waals surface area (Å²) in [6.07, 6.45) is 16.7. The number of nitrogens with zero attached hydrogens (tertiary/aromatic N) is 4. The van der Waals surface area contributed by atoms with Gasteiger partial charge in [0.25, 0.3) is 11.7 Å². The van der Waals surface area contributed by atoms with Gasteiger partial charge in [0.05, 0.1) is 24.6 Å². The average Bonchev–Trinajstić information content (AvgIpc) is 3.61. The largest absolute Gasteiger partial charge is 0.336 e. The molecule has 2 aliphatic heterocycles. The summed E-state index contributed by atoms with van der Waals surface area (Å²) < 4.78 is 27.1. The number of anilines is 1. The van der Waals surface area contributed by atoms with Gasteiger partial charge in [0, 0.05) is 30.8 Å². The van der Waals surface area contributed by atoms with Gasteiger partial charge in [-0.3, -0.25) is 9.48 Å². The third kappa shape index (κ3) is 4.37. The lowest BCUT2D eigenvalue weighted by Crippen LogP contribution is -2.41. The summed E-state index contributed by atoms with van der Waals surface area (Å²) in [6.45, 7) is 2.13. The first-order chi connectivity index (χ1) is 16.2. The van der Waals surface area contributed by atoms with Gasteiger partial charge in [-0.1, -0.05) is 55.2 Å². The van der Waals surface area contributed by atoms with Gasteiger partial charge in [-0.05, 0) is 31.0 Å². The van der Waals surface area contributed by atoms with E-state index in [4.69, 9.17) is 9.47 Å². The minimum atomic E-state index is -1.46. The molecule has 0 bridgehead atoms. The molecule has 1 spiro atoms. The lowest BCUT2D eigenvalue weighted by Gasteiger charge is -2.22. The van der Waals surface area contributed by atoms with E-state index in [0.717, 1.165) is 50.8 Å². The van der Waals surface area contributed by atoms with Crippen molar-refractivity contribution in [2.75, 3.05) is 24.7 Å². The summed E-state index contributed by atoms with van der Waals surface area (Å²) in [5, 5.41) is 8.50. The van der Waals surface area contributed by atoms with Crippen molar-refractivity contribution in [1.29, 1.82) is 0 Å². The highest BCUT2D eigenvalue weighted by Gasteiger charge is 2.56. The molecule has 5 rings (SSSR count). The number of carbonyl (C=O) groups excluding carboxylic acids is 1. The van der Waals surface area contributed by atoms with Crippen LogP contribution >= 0.6 is 0 Å². The van der Waals surface area contributed by atoms with Gasteiger partial charge in [0.2, 0.25) is 0 Å². The van der Waals surface area contributed by atoms with Gasteiger partial charge in [0.1, 0.15) is 5.82 Å². The van der Waals surface area contributed by atoms with Crippen LogP contribution in [0, 0.1) is 5.82 Å². The molecule has 33 heavy (non-hydrogen) atoms. The number of halogens is 1. The van der Waals surface area contributed by atoms with E-state index in [9.17, 15) is 9.18 Å². The number of hydrogen-bond acceptors (Lipinski definition) is 5. The normalized spacial score (nSPS) is 18.8. The van der Waals surface area contributed by atoms with Crippen LogP contribution < -0.4 is 4.90 Å². The maximum Gasteiger partial charge on any atom is 0.292 e. The molecule has 1 amide bonds. The Morgan fingerprint density at radius 3 is 2.45 bits per heavy atom. The third-order valence-corrected chi connectivity index (χ3v) is 6.49. The zero-order valence-corrected chi connectivity index (χ0v) is 18.7. The standard InChI is InChI=1S/C25H29FN4O3/c26-20-11-12-23-21(17-20)25(32-15-16-33-25)24(31)30(23)14-8-4-2-1-3-7-13-29-18-22(27-28-29)19-9-5-6-10-19/h5-6,9-12,17-19H,1-4,7-8,13-16H2. The fourth-order valence-corrected chi connectivity index (χ4v) is 4.78. The molecule has 1 aromatic carbocycles. The lowest BCUT2D eigenvalue weighted by molar-refractivity contribution is -0.180. The molecule has 174 valence electrons. The van der Waals surface area contributed by atoms with E-state index >= 15 is 0 Å². The number of rotatable bonds is 10. The van der Waals surface area contributed by atoms with E-state index in [1.54, 1.807) is 11.0 Å². The highest BCUT2D eigenvalue weighted by atomic mass is 19.1. The summed E-state index contributed by atoms with van der Waals surface area (Å²) >= 11 is 0. The Labute approximate surface area is 192 Å². The number of benzene rings is 1. The fraction of sp³-hybridized carbons (Fsp3) is 0.480. The number of amides is 1. The van der Waals surface area contributed by atoms with Gasteiger partial charge in [-0.2, -0.15) is 0 Å². The molecule has 0 N–H and O–H groups in total. The Morgan fingerprint density at radius 2 is 1.70 bits per heavy atom. The number of ether oxygens (including phenoxy) is 2. The number of fused-ring (bicyclic) bond motifs is 2. The number of aryl methyl sites for hydroxylation is 1. The Balaban J connectivity index is 1.03.